The van der Waals surface area contributed by atoms with Crippen LogP contribution in [-0.2, 0) is 21.2 Å². The first-order valence-electron chi connectivity index (χ1n) is 9.79. The molecule has 30 heavy (non-hydrogen) atoms. The first kappa shape index (κ1) is 20.3. The Morgan fingerprint density at radius 2 is 1.87 bits per heavy atom. The van der Waals surface area contributed by atoms with Crippen molar-refractivity contribution in [2.75, 3.05) is 18.4 Å². The van der Waals surface area contributed by atoms with E-state index in [1.807, 2.05) is 0 Å². The number of amides is 1. The van der Waals surface area contributed by atoms with Crippen LogP contribution in [0.3, 0.4) is 0 Å². The molecule has 0 aliphatic carbocycles. The second-order valence-corrected chi connectivity index (χ2v) is 8.96. The van der Waals surface area contributed by atoms with Crippen molar-refractivity contribution in [1.82, 2.24) is 14.4 Å². The van der Waals surface area contributed by atoms with Gasteiger partial charge in [-0.2, -0.15) is 9.29 Å². The molecule has 1 aliphatic heterocycles. The second-order valence-electron chi connectivity index (χ2n) is 7.03. The third kappa shape index (κ3) is 4.60. The van der Waals surface area contributed by atoms with Crippen LogP contribution in [0.15, 0.2) is 56.5 Å². The van der Waals surface area contributed by atoms with E-state index in [0.29, 0.717) is 36.3 Å². The van der Waals surface area contributed by atoms with Crippen molar-refractivity contribution in [2.24, 2.45) is 0 Å². The Labute approximate surface area is 174 Å². The summed E-state index contributed by atoms with van der Waals surface area (Å²) in [5.74, 6) is 0.925. The molecule has 3 heterocycles. The minimum absolute atomic E-state index is 0.146. The molecule has 3 aromatic rings. The van der Waals surface area contributed by atoms with E-state index in [2.05, 4.69) is 15.5 Å². The number of anilines is 1. The highest BCUT2D eigenvalue weighted by atomic mass is 32.2. The van der Waals surface area contributed by atoms with Gasteiger partial charge in [-0.05, 0) is 49.2 Å². The van der Waals surface area contributed by atoms with E-state index < -0.39 is 10.0 Å². The molecule has 1 amide bonds. The van der Waals surface area contributed by atoms with Crippen molar-refractivity contribution in [3.8, 4) is 11.6 Å². The number of rotatable bonds is 7. The summed E-state index contributed by atoms with van der Waals surface area (Å²) in [6.07, 6.45) is 4.77. The molecule has 0 atom stereocenters. The van der Waals surface area contributed by atoms with Crippen LogP contribution < -0.4 is 5.32 Å². The minimum atomic E-state index is -3.48. The SMILES string of the molecule is O=C(CCc1nc(-c2ccco2)no1)Nc1ccc(S(=O)(=O)N2CCCCC2)cc1. The van der Waals surface area contributed by atoms with Crippen LogP contribution in [0, 0.1) is 0 Å². The highest BCUT2D eigenvalue weighted by molar-refractivity contribution is 7.89. The standard InChI is InChI=1S/C20H22N4O5S/c25-18(10-11-19-22-20(23-29-19)17-5-4-14-28-17)21-15-6-8-16(9-7-15)30(26,27)24-12-2-1-3-13-24/h4-9,14H,1-3,10-13H2,(H,21,25). The molecule has 0 bridgehead atoms. The van der Waals surface area contributed by atoms with Gasteiger partial charge < -0.3 is 14.3 Å². The average Bonchev–Trinajstić information content (AvgIpc) is 3.45. The smallest absolute Gasteiger partial charge is 0.243 e. The predicted molar refractivity (Wildman–Crippen MR) is 108 cm³/mol. The molecule has 1 saturated heterocycles. The third-order valence-corrected chi connectivity index (χ3v) is 6.78. The maximum Gasteiger partial charge on any atom is 0.243 e. The molecule has 0 radical (unpaired) electrons. The summed E-state index contributed by atoms with van der Waals surface area (Å²) < 4.78 is 37.2. The Hall–Kier alpha value is -2.98. The van der Waals surface area contributed by atoms with Crippen LogP contribution in [0.5, 0.6) is 0 Å². The zero-order valence-corrected chi connectivity index (χ0v) is 17.1. The fraction of sp³-hybridized carbons (Fsp3) is 0.350. The first-order chi connectivity index (χ1) is 14.5. The van der Waals surface area contributed by atoms with E-state index in [4.69, 9.17) is 8.94 Å². The minimum Gasteiger partial charge on any atom is -0.461 e. The van der Waals surface area contributed by atoms with Crippen LogP contribution in [0.25, 0.3) is 11.6 Å². The summed E-state index contributed by atoms with van der Waals surface area (Å²) in [5.41, 5.74) is 0.527. The zero-order chi connectivity index (χ0) is 21.0. The lowest BCUT2D eigenvalue weighted by molar-refractivity contribution is -0.116. The first-order valence-corrected chi connectivity index (χ1v) is 11.2. The lowest BCUT2D eigenvalue weighted by atomic mass is 10.2. The van der Waals surface area contributed by atoms with Gasteiger partial charge >= 0.3 is 0 Å². The van der Waals surface area contributed by atoms with Gasteiger partial charge in [0.1, 0.15) is 0 Å². The van der Waals surface area contributed by atoms with Gasteiger partial charge in [0.05, 0.1) is 11.2 Å². The maximum atomic E-state index is 12.7. The Morgan fingerprint density at radius 1 is 1.10 bits per heavy atom. The van der Waals surface area contributed by atoms with E-state index in [1.165, 1.54) is 22.7 Å². The molecule has 10 heteroatoms. The van der Waals surface area contributed by atoms with E-state index in [1.54, 1.807) is 24.3 Å². The molecule has 158 valence electrons. The number of aromatic nitrogens is 2. The molecule has 2 aromatic heterocycles. The molecular weight excluding hydrogens is 408 g/mol. The van der Waals surface area contributed by atoms with Crippen molar-refractivity contribution >= 4 is 21.6 Å². The molecule has 0 saturated carbocycles. The lowest BCUT2D eigenvalue weighted by Gasteiger charge is -2.25. The predicted octanol–water partition coefficient (Wildman–Crippen LogP) is 3.08. The van der Waals surface area contributed by atoms with E-state index >= 15 is 0 Å². The van der Waals surface area contributed by atoms with Crippen LogP contribution >= 0.6 is 0 Å². The average molecular weight is 430 g/mol. The molecule has 1 aliphatic rings. The Morgan fingerprint density at radius 3 is 2.57 bits per heavy atom. The summed E-state index contributed by atoms with van der Waals surface area (Å²) in [6, 6.07) is 9.67. The quantitative estimate of drug-likeness (QED) is 0.612. The monoisotopic (exact) mass is 430 g/mol. The maximum absolute atomic E-state index is 12.7. The van der Waals surface area contributed by atoms with Crippen molar-refractivity contribution < 1.29 is 22.2 Å². The summed E-state index contributed by atoms with van der Waals surface area (Å²) in [7, 11) is -3.48. The zero-order valence-electron chi connectivity index (χ0n) is 16.3. The largest absolute Gasteiger partial charge is 0.461 e. The molecule has 1 aromatic carbocycles. The number of piperidine rings is 1. The number of nitrogens with zero attached hydrogens (tertiary/aromatic N) is 3. The van der Waals surface area contributed by atoms with Crippen LogP contribution in [0.2, 0.25) is 0 Å². The second kappa shape index (κ2) is 8.80. The third-order valence-electron chi connectivity index (χ3n) is 4.87. The van der Waals surface area contributed by atoms with Crippen molar-refractivity contribution in [2.45, 2.75) is 37.0 Å². The molecule has 0 spiro atoms. The van der Waals surface area contributed by atoms with E-state index in [0.717, 1.165) is 19.3 Å². The molecule has 9 nitrogen and oxygen atoms in total. The van der Waals surface area contributed by atoms with Crippen LogP contribution in [0.4, 0.5) is 5.69 Å². The number of sulfonamides is 1. The van der Waals surface area contributed by atoms with Crippen molar-refractivity contribution in [1.29, 1.82) is 0 Å². The normalized spacial score (nSPS) is 15.2. The summed E-state index contributed by atoms with van der Waals surface area (Å²) in [4.78, 5) is 16.6. The van der Waals surface area contributed by atoms with Crippen molar-refractivity contribution in [3.63, 3.8) is 0 Å². The van der Waals surface area contributed by atoms with Crippen molar-refractivity contribution in [3.05, 3.63) is 48.6 Å². The Bertz CT molecular complexity index is 1080. The van der Waals surface area contributed by atoms with Gasteiger partial charge in [0, 0.05) is 31.6 Å². The lowest BCUT2D eigenvalue weighted by Crippen LogP contribution is -2.35. The molecule has 1 N–H and O–H groups in total. The molecule has 0 unspecified atom stereocenters. The number of furan rings is 1. The fourth-order valence-corrected chi connectivity index (χ4v) is 4.79. The van der Waals surface area contributed by atoms with E-state index in [9.17, 15) is 13.2 Å². The van der Waals surface area contributed by atoms with Gasteiger partial charge in [-0.15, -0.1) is 0 Å². The van der Waals surface area contributed by atoms with Gasteiger partial charge in [-0.25, -0.2) is 8.42 Å². The number of carbonyl (C=O) groups excluding carboxylic acids is 1. The Balaban J connectivity index is 1.31. The molecule has 4 rings (SSSR count). The number of nitrogens with one attached hydrogen (secondary N) is 1. The van der Waals surface area contributed by atoms with Gasteiger partial charge in [0.2, 0.25) is 27.6 Å². The van der Waals surface area contributed by atoms with Gasteiger partial charge in [-0.3, -0.25) is 4.79 Å². The van der Waals surface area contributed by atoms with Crippen LogP contribution in [0.1, 0.15) is 31.6 Å². The molecule has 1 fully saturated rings. The number of carbonyl (C=O) groups is 1. The summed E-state index contributed by atoms with van der Waals surface area (Å²) in [5, 5.41) is 6.57. The topological polar surface area (TPSA) is 119 Å². The van der Waals surface area contributed by atoms with Gasteiger partial charge in [0.25, 0.3) is 0 Å². The fourth-order valence-electron chi connectivity index (χ4n) is 3.27. The number of hydrogen-bond donors (Lipinski definition) is 1. The van der Waals surface area contributed by atoms with E-state index in [-0.39, 0.29) is 23.6 Å². The summed E-state index contributed by atoms with van der Waals surface area (Å²) >= 11 is 0. The highest BCUT2D eigenvalue weighted by Gasteiger charge is 2.25. The van der Waals surface area contributed by atoms with Gasteiger partial charge in [-0.1, -0.05) is 11.6 Å². The Kier molecular flexibility index (Phi) is 5.96. The van der Waals surface area contributed by atoms with Crippen LogP contribution in [-0.4, -0.2) is 41.9 Å². The van der Waals surface area contributed by atoms with Gasteiger partial charge in [0.15, 0.2) is 5.76 Å². The number of benzene rings is 1. The number of hydrogen-bond acceptors (Lipinski definition) is 7. The summed E-state index contributed by atoms with van der Waals surface area (Å²) in [6.45, 7) is 1.11. The highest BCUT2D eigenvalue weighted by Crippen LogP contribution is 2.22. The molecular formula is C20H22N4O5S. The number of aryl methyl sites for hydroxylation is 1.